The number of aliphatic hydroxyl groups is 1. The van der Waals surface area contributed by atoms with Crippen molar-refractivity contribution < 1.29 is 9.84 Å². The van der Waals surface area contributed by atoms with Gasteiger partial charge < -0.3 is 14.4 Å². The van der Waals surface area contributed by atoms with Crippen molar-refractivity contribution >= 4 is 33.8 Å². The number of fused-ring (bicyclic) bond motifs is 3. The van der Waals surface area contributed by atoms with E-state index in [9.17, 15) is 20.0 Å². The Morgan fingerprint density at radius 2 is 2.21 bits per heavy atom. The van der Waals surface area contributed by atoms with Gasteiger partial charge >= 0.3 is 5.69 Å². The summed E-state index contributed by atoms with van der Waals surface area (Å²) in [6, 6.07) is 9.14. The van der Waals surface area contributed by atoms with Crippen LogP contribution >= 0.6 is 22.9 Å². The zero-order chi connectivity index (χ0) is 24.0. The molecule has 1 aliphatic heterocycles. The van der Waals surface area contributed by atoms with Crippen LogP contribution in [0.15, 0.2) is 39.2 Å². The van der Waals surface area contributed by atoms with E-state index >= 15 is 0 Å². The molecule has 4 aromatic rings. The summed E-state index contributed by atoms with van der Waals surface area (Å²) in [7, 11) is 1.64. The van der Waals surface area contributed by atoms with Crippen molar-refractivity contribution in [3.05, 3.63) is 71.9 Å². The van der Waals surface area contributed by atoms with E-state index in [0.29, 0.717) is 57.5 Å². The lowest BCUT2D eigenvalue weighted by atomic mass is 10.1. The summed E-state index contributed by atoms with van der Waals surface area (Å²) < 4.78 is 10.4. The number of halogens is 1. The highest BCUT2D eigenvalue weighted by atomic mass is 35.5. The molecule has 34 heavy (non-hydrogen) atoms. The zero-order valence-corrected chi connectivity index (χ0v) is 19.8. The summed E-state index contributed by atoms with van der Waals surface area (Å²) in [5.41, 5.74) is 2.13. The van der Waals surface area contributed by atoms with Gasteiger partial charge in [-0.1, -0.05) is 23.7 Å². The lowest BCUT2D eigenvalue weighted by molar-refractivity contribution is 0.0124. The van der Waals surface area contributed by atoms with Gasteiger partial charge in [0.15, 0.2) is 0 Å². The fraction of sp³-hybridized carbons (Fsp3) is 0.304. The van der Waals surface area contributed by atoms with Gasteiger partial charge in [-0.05, 0) is 12.1 Å². The van der Waals surface area contributed by atoms with E-state index in [-0.39, 0.29) is 13.2 Å². The van der Waals surface area contributed by atoms with E-state index in [0.717, 1.165) is 10.3 Å². The first-order valence-electron chi connectivity index (χ1n) is 10.6. The molecule has 174 valence electrons. The summed E-state index contributed by atoms with van der Waals surface area (Å²) >= 11 is 7.22. The van der Waals surface area contributed by atoms with Crippen LogP contribution in [0.2, 0.25) is 5.15 Å². The Balaban J connectivity index is 1.87. The molecular weight excluding hydrogens is 478 g/mol. The van der Waals surface area contributed by atoms with Gasteiger partial charge in [0.25, 0.3) is 5.56 Å². The van der Waals surface area contributed by atoms with Gasteiger partial charge in [0, 0.05) is 30.1 Å². The minimum absolute atomic E-state index is 0.000597. The van der Waals surface area contributed by atoms with Crippen molar-refractivity contribution in [1.82, 2.24) is 18.7 Å². The maximum atomic E-state index is 13.9. The highest BCUT2D eigenvalue weighted by Gasteiger charge is 2.29. The first-order valence-corrected chi connectivity index (χ1v) is 11.9. The van der Waals surface area contributed by atoms with Crippen molar-refractivity contribution in [3.63, 3.8) is 0 Å². The number of benzene rings is 1. The van der Waals surface area contributed by atoms with E-state index in [2.05, 4.69) is 11.1 Å². The predicted molar refractivity (Wildman–Crippen MR) is 128 cm³/mol. The number of hydrogen-bond donors (Lipinski definition) is 1. The molecule has 4 heterocycles. The molecule has 0 saturated heterocycles. The quantitative estimate of drug-likeness (QED) is 0.462. The van der Waals surface area contributed by atoms with Crippen LogP contribution in [0.25, 0.3) is 22.2 Å². The molecule has 0 bridgehead atoms. The average Bonchev–Trinajstić information content (AvgIpc) is 3.32. The number of aliphatic hydroxyl groups excluding tert-OH is 1. The largest absolute Gasteiger partial charge is 0.394 e. The minimum Gasteiger partial charge on any atom is -0.394 e. The SMILES string of the molecule is Cn1c(=O)n(Cc2nc(Cl)cs2)c(=O)c2c(-c3cccc(C#N)c3)n3c(c21)CCO[C@@H](CO)C3. The molecule has 1 atom stereocenters. The Morgan fingerprint density at radius 1 is 1.38 bits per heavy atom. The number of rotatable bonds is 4. The summed E-state index contributed by atoms with van der Waals surface area (Å²) in [4.78, 5) is 31.3. The van der Waals surface area contributed by atoms with Gasteiger partial charge in [-0.15, -0.1) is 11.3 Å². The minimum atomic E-state index is -0.460. The molecule has 0 unspecified atom stereocenters. The molecule has 1 aliphatic rings. The lowest BCUT2D eigenvalue weighted by Gasteiger charge is -2.16. The standard InChI is InChI=1S/C23H20ClN5O4S/c1-27-21-16-5-6-33-15(11-30)9-28(16)20(14-4-2-3-13(7-14)8-25)19(21)22(31)29(23(27)32)10-18-26-17(24)12-34-18/h2-4,7,12,15,30H,5-6,9-11H2,1H3/t15-/m1/s1. The maximum Gasteiger partial charge on any atom is 0.331 e. The van der Waals surface area contributed by atoms with Crippen molar-refractivity contribution in [2.45, 2.75) is 25.6 Å². The Kier molecular flexibility index (Phi) is 5.87. The van der Waals surface area contributed by atoms with Crippen LogP contribution in [-0.2, 0) is 31.3 Å². The molecule has 1 N–H and O–H groups in total. The molecule has 11 heteroatoms. The van der Waals surface area contributed by atoms with Crippen LogP contribution in [0.5, 0.6) is 0 Å². The monoisotopic (exact) mass is 497 g/mol. The Bertz CT molecular complexity index is 1580. The van der Waals surface area contributed by atoms with Gasteiger partial charge in [0.05, 0.1) is 60.6 Å². The normalized spacial score (nSPS) is 15.8. The predicted octanol–water partition coefficient (Wildman–Crippen LogP) is 2.13. The molecule has 0 fully saturated rings. The smallest absolute Gasteiger partial charge is 0.331 e. The molecule has 0 spiro atoms. The van der Waals surface area contributed by atoms with Crippen molar-refractivity contribution in [3.8, 4) is 17.3 Å². The number of aromatic nitrogens is 4. The topological polar surface area (TPSA) is 115 Å². The van der Waals surface area contributed by atoms with Crippen LogP contribution < -0.4 is 11.2 Å². The molecule has 5 rings (SSSR count). The number of nitriles is 1. The summed E-state index contributed by atoms with van der Waals surface area (Å²) in [6.07, 6.45) is 0.00158. The number of aryl methyl sites for hydroxylation is 1. The molecule has 3 aromatic heterocycles. The summed E-state index contributed by atoms with van der Waals surface area (Å²) in [5.74, 6) is 0. The number of nitrogens with zero attached hydrogens (tertiary/aromatic N) is 5. The second-order valence-electron chi connectivity index (χ2n) is 8.04. The Labute approximate surface area is 202 Å². The zero-order valence-electron chi connectivity index (χ0n) is 18.2. The van der Waals surface area contributed by atoms with Gasteiger partial charge in [0.2, 0.25) is 0 Å². The van der Waals surface area contributed by atoms with Crippen molar-refractivity contribution in [2.24, 2.45) is 7.05 Å². The fourth-order valence-electron chi connectivity index (χ4n) is 4.53. The van der Waals surface area contributed by atoms with Crippen LogP contribution in [0.1, 0.15) is 16.3 Å². The molecule has 0 radical (unpaired) electrons. The number of thiazole rings is 1. The number of ether oxygens (including phenoxy) is 1. The van der Waals surface area contributed by atoms with E-state index in [1.54, 1.807) is 30.6 Å². The second-order valence-corrected chi connectivity index (χ2v) is 9.37. The molecule has 0 saturated carbocycles. The summed E-state index contributed by atoms with van der Waals surface area (Å²) in [5, 5.41) is 22.1. The van der Waals surface area contributed by atoms with E-state index in [4.69, 9.17) is 16.3 Å². The van der Waals surface area contributed by atoms with Crippen molar-refractivity contribution in [2.75, 3.05) is 13.2 Å². The number of hydrogen-bond acceptors (Lipinski definition) is 7. The Morgan fingerprint density at radius 3 is 2.91 bits per heavy atom. The highest BCUT2D eigenvalue weighted by Crippen LogP contribution is 2.34. The maximum absolute atomic E-state index is 13.9. The second kappa shape index (κ2) is 8.85. The van der Waals surface area contributed by atoms with E-state index in [1.807, 2.05) is 10.6 Å². The molecule has 0 amide bonds. The van der Waals surface area contributed by atoms with Crippen LogP contribution in [0.4, 0.5) is 0 Å². The third-order valence-electron chi connectivity index (χ3n) is 6.02. The van der Waals surface area contributed by atoms with Gasteiger partial charge in [-0.2, -0.15) is 5.26 Å². The first-order chi connectivity index (χ1) is 16.4. The van der Waals surface area contributed by atoms with Crippen LogP contribution in [0, 0.1) is 11.3 Å². The van der Waals surface area contributed by atoms with Crippen molar-refractivity contribution in [1.29, 1.82) is 5.26 Å². The molecule has 1 aromatic carbocycles. The van der Waals surface area contributed by atoms with Gasteiger partial charge in [-0.3, -0.25) is 13.9 Å². The van der Waals surface area contributed by atoms with E-state index < -0.39 is 17.4 Å². The highest BCUT2D eigenvalue weighted by molar-refractivity contribution is 7.10. The van der Waals surface area contributed by atoms with Crippen LogP contribution in [0.3, 0.4) is 0 Å². The molecule has 0 aliphatic carbocycles. The first kappa shape index (κ1) is 22.6. The van der Waals surface area contributed by atoms with E-state index in [1.165, 1.54) is 15.9 Å². The fourth-order valence-corrected chi connectivity index (χ4v) is 5.46. The van der Waals surface area contributed by atoms with Gasteiger partial charge in [0.1, 0.15) is 10.2 Å². The lowest BCUT2D eigenvalue weighted by Crippen LogP contribution is -2.39. The molecular formula is C23H20ClN5O4S. The molecule has 9 nitrogen and oxygen atoms in total. The van der Waals surface area contributed by atoms with Crippen LogP contribution in [-0.4, -0.2) is 43.1 Å². The third-order valence-corrected chi connectivity index (χ3v) is 7.18. The van der Waals surface area contributed by atoms with Gasteiger partial charge in [-0.25, -0.2) is 9.78 Å². The summed E-state index contributed by atoms with van der Waals surface area (Å²) in [6.45, 7) is 0.470. The third kappa shape index (κ3) is 3.67. The average molecular weight is 498 g/mol. The Hall–Kier alpha value is -3.23.